The summed E-state index contributed by atoms with van der Waals surface area (Å²) in [5.74, 6) is 0.775. The molecule has 1 aromatic carbocycles. The van der Waals surface area contributed by atoms with E-state index < -0.39 is 0 Å². The van der Waals surface area contributed by atoms with Gasteiger partial charge in [-0.3, -0.25) is 0 Å². The van der Waals surface area contributed by atoms with Crippen molar-refractivity contribution in [2.24, 2.45) is 0 Å². The topological polar surface area (TPSA) is 37.8 Å². The molecule has 0 aliphatic rings. The maximum Gasteiger partial charge on any atom is 0.159 e. The van der Waals surface area contributed by atoms with Crippen molar-refractivity contribution in [1.82, 2.24) is 9.97 Å². The lowest BCUT2D eigenvalue weighted by Crippen LogP contribution is -2.10. The summed E-state index contributed by atoms with van der Waals surface area (Å²) in [7, 11) is 1.88. The second-order valence-corrected chi connectivity index (χ2v) is 5.77. The summed E-state index contributed by atoms with van der Waals surface area (Å²) in [6.45, 7) is 8.62. The Bertz CT molecular complexity index is 566. The average Bonchev–Trinajstić information content (AvgIpc) is 2.38. The van der Waals surface area contributed by atoms with Crippen LogP contribution in [0.15, 0.2) is 30.5 Å². The number of hydrogen-bond acceptors (Lipinski definition) is 3. The van der Waals surface area contributed by atoms with Gasteiger partial charge in [-0.2, -0.15) is 0 Å². The van der Waals surface area contributed by atoms with Gasteiger partial charge in [0.15, 0.2) is 5.82 Å². The van der Waals surface area contributed by atoms with Crippen LogP contribution in [0.2, 0.25) is 0 Å². The first-order valence-electron chi connectivity index (χ1n) is 6.54. The van der Waals surface area contributed by atoms with Crippen LogP contribution < -0.4 is 5.32 Å². The van der Waals surface area contributed by atoms with Crippen molar-refractivity contribution in [2.75, 3.05) is 12.4 Å². The van der Waals surface area contributed by atoms with E-state index in [1.54, 1.807) is 0 Å². The number of anilines is 1. The fraction of sp³-hybridized carbons (Fsp3) is 0.375. The Balaban J connectivity index is 2.35. The molecule has 0 bridgehead atoms. The van der Waals surface area contributed by atoms with E-state index in [4.69, 9.17) is 0 Å². The minimum absolute atomic E-state index is 0.172. The quantitative estimate of drug-likeness (QED) is 0.887. The summed E-state index contributed by atoms with van der Waals surface area (Å²) in [6, 6.07) is 8.49. The number of rotatable bonds is 2. The number of hydrogen-bond donors (Lipinski definition) is 1. The Kier molecular flexibility index (Phi) is 3.56. The second kappa shape index (κ2) is 5.00. The molecule has 100 valence electrons. The van der Waals surface area contributed by atoms with Crippen molar-refractivity contribution in [3.05, 3.63) is 41.7 Å². The van der Waals surface area contributed by atoms with Crippen LogP contribution in [0.4, 0.5) is 5.69 Å². The summed E-state index contributed by atoms with van der Waals surface area (Å²) in [5.41, 5.74) is 4.48. The largest absolute Gasteiger partial charge is 0.385 e. The molecule has 0 atom stereocenters. The Morgan fingerprint density at radius 2 is 1.68 bits per heavy atom. The highest BCUT2D eigenvalue weighted by Crippen LogP contribution is 2.25. The molecule has 19 heavy (non-hydrogen) atoms. The molecule has 0 radical (unpaired) electrons. The van der Waals surface area contributed by atoms with Crippen LogP contribution in [0, 0.1) is 6.92 Å². The first kappa shape index (κ1) is 13.5. The number of nitrogens with zero attached hydrogens (tertiary/aromatic N) is 2. The lowest BCUT2D eigenvalue weighted by Gasteiger charge is -2.19. The molecule has 1 N–H and O–H groups in total. The van der Waals surface area contributed by atoms with Crippen LogP contribution in [0.3, 0.4) is 0 Å². The first-order chi connectivity index (χ1) is 8.91. The van der Waals surface area contributed by atoms with E-state index in [1.165, 1.54) is 5.56 Å². The normalized spacial score (nSPS) is 11.4. The van der Waals surface area contributed by atoms with Crippen molar-refractivity contribution in [1.29, 1.82) is 0 Å². The van der Waals surface area contributed by atoms with Crippen LogP contribution >= 0.6 is 0 Å². The Hall–Kier alpha value is -1.90. The summed E-state index contributed by atoms with van der Waals surface area (Å²) in [4.78, 5) is 8.93. The van der Waals surface area contributed by atoms with Crippen molar-refractivity contribution in [2.45, 2.75) is 33.1 Å². The zero-order valence-corrected chi connectivity index (χ0v) is 12.3. The van der Waals surface area contributed by atoms with Gasteiger partial charge in [-0.25, -0.2) is 9.97 Å². The summed E-state index contributed by atoms with van der Waals surface area (Å²) >= 11 is 0. The van der Waals surface area contributed by atoms with Gasteiger partial charge in [-0.1, -0.05) is 45.0 Å². The maximum atomic E-state index is 4.53. The molecule has 2 rings (SSSR count). The molecular formula is C16H21N3. The van der Waals surface area contributed by atoms with Crippen LogP contribution in [0.1, 0.15) is 32.0 Å². The van der Waals surface area contributed by atoms with Crippen molar-refractivity contribution in [3.63, 3.8) is 0 Å². The fourth-order valence-electron chi connectivity index (χ4n) is 1.97. The molecule has 0 fully saturated rings. The highest BCUT2D eigenvalue weighted by atomic mass is 14.9. The molecule has 0 spiro atoms. The molecular weight excluding hydrogens is 234 g/mol. The maximum absolute atomic E-state index is 4.53. The Morgan fingerprint density at radius 1 is 1.05 bits per heavy atom. The summed E-state index contributed by atoms with van der Waals surface area (Å²) in [5, 5.41) is 3.08. The van der Waals surface area contributed by atoms with Crippen molar-refractivity contribution < 1.29 is 0 Å². The SMILES string of the molecule is CNc1cnc(-c2ccc(C(C)(C)C)cc2)nc1C. The second-order valence-electron chi connectivity index (χ2n) is 5.77. The van der Waals surface area contributed by atoms with E-state index >= 15 is 0 Å². The summed E-state index contributed by atoms with van der Waals surface area (Å²) < 4.78 is 0. The minimum atomic E-state index is 0.172. The molecule has 0 saturated heterocycles. The standard InChI is InChI=1S/C16H21N3/c1-11-14(17-5)10-18-15(19-11)12-6-8-13(9-7-12)16(2,3)4/h6-10,17H,1-5H3. The zero-order valence-electron chi connectivity index (χ0n) is 12.3. The molecule has 3 heteroatoms. The van der Waals surface area contributed by atoms with Crippen LogP contribution in [0.5, 0.6) is 0 Å². The smallest absolute Gasteiger partial charge is 0.159 e. The molecule has 1 heterocycles. The minimum Gasteiger partial charge on any atom is -0.385 e. The van der Waals surface area contributed by atoms with E-state index in [-0.39, 0.29) is 5.41 Å². The van der Waals surface area contributed by atoms with Crippen LogP contribution in [0.25, 0.3) is 11.4 Å². The molecule has 0 aliphatic heterocycles. The lowest BCUT2D eigenvalue weighted by atomic mass is 9.87. The van der Waals surface area contributed by atoms with Crippen LogP contribution in [-0.2, 0) is 5.41 Å². The van der Waals surface area contributed by atoms with Gasteiger partial charge in [0.1, 0.15) is 0 Å². The summed E-state index contributed by atoms with van der Waals surface area (Å²) in [6.07, 6.45) is 1.83. The number of aryl methyl sites for hydroxylation is 1. The predicted octanol–water partition coefficient (Wildman–Crippen LogP) is 3.79. The molecule has 3 nitrogen and oxygen atoms in total. The Morgan fingerprint density at radius 3 is 2.16 bits per heavy atom. The van der Waals surface area contributed by atoms with Gasteiger partial charge in [-0.05, 0) is 17.9 Å². The molecule has 0 aliphatic carbocycles. The van der Waals surface area contributed by atoms with E-state index in [9.17, 15) is 0 Å². The van der Waals surface area contributed by atoms with E-state index in [0.717, 1.165) is 22.8 Å². The predicted molar refractivity (Wildman–Crippen MR) is 80.5 cm³/mol. The third-order valence-corrected chi connectivity index (χ3v) is 3.26. The molecule has 2 aromatic rings. The molecule has 1 aromatic heterocycles. The van der Waals surface area contributed by atoms with Crippen LogP contribution in [-0.4, -0.2) is 17.0 Å². The van der Waals surface area contributed by atoms with Crippen molar-refractivity contribution in [3.8, 4) is 11.4 Å². The van der Waals surface area contributed by atoms with Gasteiger partial charge < -0.3 is 5.32 Å². The van der Waals surface area contributed by atoms with E-state index in [2.05, 4.69) is 60.3 Å². The van der Waals surface area contributed by atoms with Crippen molar-refractivity contribution >= 4 is 5.69 Å². The average molecular weight is 255 g/mol. The fourth-order valence-corrected chi connectivity index (χ4v) is 1.97. The molecule has 0 saturated carbocycles. The zero-order chi connectivity index (χ0) is 14.0. The lowest BCUT2D eigenvalue weighted by molar-refractivity contribution is 0.590. The third kappa shape index (κ3) is 2.92. The number of aromatic nitrogens is 2. The van der Waals surface area contributed by atoms with Gasteiger partial charge in [0, 0.05) is 12.6 Å². The number of nitrogens with one attached hydrogen (secondary N) is 1. The van der Waals surface area contributed by atoms with Gasteiger partial charge in [0.25, 0.3) is 0 Å². The Labute approximate surface area is 115 Å². The third-order valence-electron chi connectivity index (χ3n) is 3.26. The number of benzene rings is 1. The van der Waals surface area contributed by atoms with E-state index in [1.807, 2.05) is 20.2 Å². The van der Waals surface area contributed by atoms with E-state index in [0.29, 0.717) is 0 Å². The monoisotopic (exact) mass is 255 g/mol. The van der Waals surface area contributed by atoms with Gasteiger partial charge >= 0.3 is 0 Å². The highest BCUT2D eigenvalue weighted by molar-refractivity contribution is 5.58. The first-order valence-corrected chi connectivity index (χ1v) is 6.54. The molecule has 0 amide bonds. The van der Waals surface area contributed by atoms with Gasteiger partial charge in [-0.15, -0.1) is 0 Å². The van der Waals surface area contributed by atoms with Gasteiger partial charge in [0.2, 0.25) is 0 Å². The van der Waals surface area contributed by atoms with Gasteiger partial charge in [0.05, 0.1) is 17.6 Å². The highest BCUT2D eigenvalue weighted by Gasteiger charge is 2.13. The molecule has 0 unspecified atom stereocenters.